The number of halogens is 3. The molecule has 1 aliphatic heterocycles. The standard InChI is InChI=1S/C19H18Cl3NO/c1-11-17(13-7-3-5-9-15(13)20)23(22)18(12(2)19(11)24)14-8-4-6-10-16(14)21/h3-12,17-18H,1-2H3. The van der Waals surface area contributed by atoms with E-state index in [1.807, 2.05) is 62.4 Å². The van der Waals surface area contributed by atoms with E-state index in [0.29, 0.717) is 10.0 Å². The second-order valence-electron chi connectivity index (χ2n) is 6.26. The van der Waals surface area contributed by atoms with Crippen molar-refractivity contribution in [3.05, 3.63) is 69.7 Å². The third-order valence-corrected chi connectivity index (χ3v) is 5.93. The van der Waals surface area contributed by atoms with Gasteiger partial charge >= 0.3 is 0 Å². The van der Waals surface area contributed by atoms with Gasteiger partial charge in [-0.1, -0.05) is 73.4 Å². The molecule has 1 aliphatic rings. The average molecular weight is 383 g/mol. The minimum absolute atomic E-state index is 0.168. The molecule has 0 N–H and O–H groups in total. The Hall–Kier alpha value is -1.06. The Kier molecular flexibility index (Phi) is 5.22. The fourth-order valence-electron chi connectivity index (χ4n) is 3.56. The fraction of sp³-hybridized carbons (Fsp3) is 0.316. The van der Waals surface area contributed by atoms with Crippen LogP contribution in [-0.4, -0.2) is 10.2 Å². The molecule has 0 aromatic heterocycles. The minimum Gasteiger partial charge on any atom is -0.299 e. The molecule has 0 saturated carbocycles. The monoisotopic (exact) mass is 381 g/mol. The molecule has 126 valence electrons. The lowest BCUT2D eigenvalue weighted by Gasteiger charge is -2.44. The smallest absolute Gasteiger partial charge is 0.142 e. The van der Waals surface area contributed by atoms with E-state index in [1.165, 1.54) is 0 Å². The lowest BCUT2D eigenvalue weighted by atomic mass is 9.76. The van der Waals surface area contributed by atoms with Crippen molar-refractivity contribution in [1.29, 1.82) is 0 Å². The minimum atomic E-state index is -0.301. The molecule has 3 rings (SSSR count). The third-order valence-electron chi connectivity index (χ3n) is 4.82. The highest BCUT2D eigenvalue weighted by Crippen LogP contribution is 2.49. The summed E-state index contributed by atoms with van der Waals surface area (Å²) >= 11 is 19.5. The van der Waals surface area contributed by atoms with Crippen LogP contribution in [0.25, 0.3) is 0 Å². The summed E-state index contributed by atoms with van der Waals surface area (Å²) in [5.74, 6) is -0.339. The van der Waals surface area contributed by atoms with Crippen molar-refractivity contribution in [3.63, 3.8) is 0 Å². The second-order valence-corrected chi connectivity index (χ2v) is 7.46. The molecule has 1 saturated heterocycles. The summed E-state index contributed by atoms with van der Waals surface area (Å²) in [5, 5.41) is 1.22. The first-order chi connectivity index (χ1) is 11.4. The maximum atomic E-state index is 12.9. The Balaban J connectivity index is 2.10. The van der Waals surface area contributed by atoms with Crippen LogP contribution in [0, 0.1) is 11.8 Å². The normalized spacial score (nSPS) is 28.1. The van der Waals surface area contributed by atoms with Crippen molar-refractivity contribution in [2.75, 3.05) is 0 Å². The van der Waals surface area contributed by atoms with E-state index in [0.717, 1.165) is 11.1 Å². The fourth-order valence-corrected chi connectivity index (χ4v) is 4.60. The first-order valence-electron chi connectivity index (χ1n) is 7.90. The molecular formula is C19H18Cl3NO. The van der Waals surface area contributed by atoms with E-state index in [9.17, 15) is 4.79 Å². The van der Waals surface area contributed by atoms with Crippen molar-refractivity contribution in [3.8, 4) is 0 Å². The van der Waals surface area contributed by atoms with Crippen LogP contribution < -0.4 is 0 Å². The molecule has 4 unspecified atom stereocenters. The molecule has 0 radical (unpaired) electrons. The molecule has 0 spiro atoms. The first kappa shape index (κ1) is 17.8. The van der Waals surface area contributed by atoms with Gasteiger partial charge in [-0.05, 0) is 35.0 Å². The van der Waals surface area contributed by atoms with E-state index < -0.39 is 0 Å². The van der Waals surface area contributed by atoms with Gasteiger partial charge in [0.25, 0.3) is 0 Å². The van der Waals surface area contributed by atoms with Gasteiger partial charge in [0, 0.05) is 21.9 Å². The van der Waals surface area contributed by atoms with Crippen LogP contribution >= 0.6 is 35.0 Å². The van der Waals surface area contributed by atoms with Gasteiger partial charge in [-0.15, -0.1) is 0 Å². The largest absolute Gasteiger partial charge is 0.299 e. The van der Waals surface area contributed by atoms with Gasteiger partial charge < -0.3 is 0 Å². The molecule has 0 aliphatic carbocycles. The number of hydrogen-bond donors (Lipinski definition) is 0. The summed E-state index contributed by atoms with van der Waals surface area (Å²) in [6.07, 6.45) is 0. The van der Waals surface area contributed by atoms with Gasteiger partial charge in [0.05, 0.1) is 12.1 Å². The number of carbonyl (C=O) groups excluding carboxylic acids is 1. The van der Waals surface area contributed by atoms with Crippen LogP contribution in [0.5, 0.6) is 0 Å². The van der Waals surface area contributed by atoms with Gasteiger partial charge in [-0.2, -0.15) is 0 Å². The van der Waals surface area contributed by atoms with Crippen LogP contribution in [0.2, 0.25) is 10.0 Å². The zero-order chi connectivity index (χ0) is 17.4. The van der Waals surface area contributed by atoms with Crippen molar-refractivity contribution < 1.29 is 4.79 Å². The number of Topliss-reactive ketones (excluding diaryl/α,β-unsaturated/α-hetero) is 1. The number of ketones is 1. The number of carbonyl (C=O) groups is 1. The molecule has 2 nitrogen and oxygen atoms in total. The van der Waals surface area contributed by atoms with E-state index >= 15 is 0 Å². The summed E-state index contributed by atoms with van der Waals surface area (Å²) < 4.78 is 1.72. The Morgan fingerprint density at radius 2 is 1.17 bits per heavy atom. The summed E-state index contributed by atoms with van der Waals surface area (Å²) in [5.41, 5.74) is 1.72. The van der Waals surface area contributed by atoms with Gasteiger partial charge in [0.15, 0.2) is 0 Å². The number of benzene rings is 2. The van der Waals surface area contributed by atoms with Crippen LogP contribution in [0.4, 0.5) is 0 Å². The molecule has 1 heterocycles. The number of hydrogen-bond acceptors (Lipinski definition) is 2. The zero-order valence-electron chi connectivity index (χ0n) is 13.4. The molecule has 2 aromatic carbocycles. The predicted molar refractivity (Wildman–Crippen MR) is 99.4 cm³/mol. The lowest BCUT2D eigenvalue weighted by molar-refractivity contribution is -0.134. The van der Waals surface area contributed by atoms with Crippen LogP contribution in [0.3, 0.4) is 0 Å². The Labute approximate surface area is 157 Å². The number of nitrogens with zero attached hydrogens (tertiary/aromatic N) is 1. The van der Waals surface area contributed by atoms with Gasteiger partial charge in [0.1, 0.15) is 5.78 Å². The highest BCUT2D eigenvalue weighted by molar-refractivity contribution is 6.32. The van der Waals surface area contributed by atoms with E-state index in [4.69, 9.17) is 35.0 Å². The van der Waals surface area contributed by atoms with Crippen molar-refractivity contribution in [2.24, 2.45) is 11.8 Å². The van der Waals surface area contributed by atoms with Gasteiger partial charge in [-0.25, -0.2) is 4.42 Å². The van der Waals surface area contributed by atoms with Crippen LogP contribution in [-0.2, 0) is 4.79 Å². The summed E-state index contributed by atoms with van der Waals surface area (Å²) in [7, 11) is 0. The predicted octanol–water partition coefficient (Wildman–Crippen LogP) is 6.09. The molecule has 24 heavy (non-hydrogen) atoms. The van der Waals surface area contributed by atoms with Gasteiger partial charge in [0.2, 0.25) is 0 Å². The third kappa shape index (κ3) is 2.97. The Bertz CT molecular complexity index is 702. The van der Waals surface area contributed by atoms with Crippen molar-refractivity contribution >= 4 is 40.8 Å². The van der Waals surface area contributed by atoms with Crippen LogP contribution in [0.15, 0.2) is 48.5 Å². The lowest BCUT2D eigenvalue weighted by Crippen LogP contribution is -2.45. The second kappa shape index (κ2) is 7.05. The molecule has 0 bridgehead atoms. The van der Waals surface area contributed by atoms with Gasteiger partial charge in [-0.3, -0.25) is 4.79 Å². The Morgan fingerprint density at radius 3 is 1.54 bits per heavy atom. The molecule has 1 fully saturated rings. The first-order valence-corrected chi connectivity index (χ1v) is 8.99. The molecular weight excluding hydrogens is 365 g/mol. The van der Waals surface area contributed by atoms with E-state index in [1.54, 1.807) is 4.42 Å². The molecule has 5 heteroatoms. The SMILES string of the molecule is CC1C(=O)C(C)C(c2ccccc2Cl)N(Cl)C1c1ccccc1Cl. The number of rotatable bonds is 2. The quantitative estimate of drug-likeness (QED) is 0.586. The topological polar surface area (TPSA) is 20.3 Å². The summed E-state index contributed by atoms with van der Waals surface area (Å²) in [4.78, 5) is 12.9. The van der Waals surface area contributed by atoms with E-state index in [2.05, 4.69) is 0 Å². The van der Waals surface area contributed by atoms with Crippen LogP contribution in [0.1, 0.15) is 37.1 Å². The molecule has 0 amide bonds. The van der Waals surface area contributed by atoms with E-state index in [-0.39, 0.29) is 29.7 Å². The highest BCUT2D eigenvalue weighted by Gasteiger charge is 2.46. The summed E-state index contributed by atoms with van der Waals surface area (Å²) in [6.45, 7) is 3.82. The average Bonchev–Trinajstić information content (AvgIpc) is 2.56. The highest BCUT2D eigenvalue weighted by atomic mass is 35.5. The molecule has 4 atom stereocenters. The number of piperidine rings is 1. The maximum absolute atomic E-state index is 12.9. The maximum Gasteiger partial charge on any atom is 0.142 e. The summed E-state index contributed by atoms with van der Waals surface area (Å²) in [6, 6.07) is 14.4. The molecule has 2 aromatic rings. The Morgan fingerprint density at radius 1 is 0.792 bits per heavy atom. The van der Waals surface area contributed by atoms with Crippen molar-refractivity contribution in [2.45, 2.75) is 25.9 Å². The van der Waals surface area contributed by atoms with Crippen molar-refractivity contribution in [1.82, 2.24) is 4.42 Å². The zero-order valence-corrected chi connectivity index (χ0v) is 15.7.